The molecule has 0 bridgehead atoms. The van der Waals surface area contributed by atoms with Gasteiger partial charge in [-0.05, 0) is 35.4 Å². The molecule has 1 unspecified atom stereocenters. The number of benzene rings is 1. The van der Waals surface area contributed by atoms with Crippen molar-refractivity contribution in [2.45, 2.75) is 47.1 Å². The van der Waals surface area contributed by atoms with Crippen molar-refractivity contribution in [1.82, 2.24) is 5.32 Å². The highest BCUT2D eigenvalue weighted by Crippen LogP contribution is 2.32. The topological polar surface area (TPSA) is 12.0 Å². The summed E-state index contributed by atoms with van der Waals surface area (Å²) in [5, 5.41) is 3.72. The van der Waals surface area contributed by atoms with Gasteiger partial charge in [-0.2, -0.15) is 0 Å². The van der Waals surface area contributed by atoms with Gasteiger partial charge in [-0.3, -0.25) is 0 Å². The summed E-state index contributed by atoms with van der Waals surface area (Å²) < 4.78 is 13.2. The maximum absolute atomic E-state index is 13.2. The zero-order valence-electron chi connectivity index (χ0n) is 12.6. The standard InChI is InChI=1S/C16H25ClFN/c1-11(2)16(5,10-19-12(3)4)9-13-6-7-15(18)14(17)8-13/h6-8,11-12,19H,9-10H2,1-5H3. The third kappa shape index (κ3) is 4.77. The highest BCUT2D eigenvalue weighted by atomic mass is 35.5. The Hall–Kier alpha value is -0.600. The van der Waals surface area contributed by atoms with Crippen molar-refractivity contribution in [1.29, 1.82) is 0 Å². The van der Waals surface area contributed by atoms with E-state index in [1.807, 2.05) is 6.07 Å². The summed E-state index contributed by atoms with van der Waals surface area (Å²) in [4.78, 5) is 0. The summed E-state index contributed by atoms with van der Waals surface area (Å²) in [6.07, 6.45) is 0.893. The first kappa shape index (κ1) is 16.5. The van der Waals surface area contributed by atoms with E-state index in [1.54, 1.807) is 6.07 Å². The number of nitrogens with one attached hydrogen (secondary N) is 1. The van der Waals surface area contributed by atoms with Gasteiger partial charge in [-0.1, -0.05) is 52.3 Å². The van der Waals surface area contributed by atoms with Crippen LogP contribution < -0.4 is 5.32 Å². The van der Waals surface area contributed by atoms with Gasteiger partial charge in [0.2, 0.25) is 0 Å². The third-order valence-electron chi connectivity index (χ3n) is 3.90. The summed E-state index contributed by atoms with van der Waals surface area (Å²) in [5.74, 6) is 0.180. The van der Waals surface area contributed by atoms with Crippen LogP contribution in [0, 0.1) is 17.2 Å². The van der Waals surface area contributed by atoms with Crippen LogP contribution in [0.2, 0.25) is 5.02 Å². The third-order valence-corrected chi connectivity index (χ3v) is 4.19. The smallest absolute Gasteiger partial charge is 0.141 e. The van der Waals surface area contributed by atoms with E-state index in [1.165, 1.54) is 6.07 Å². The minimum Gasteiger partial charge on any atom is -0.314 e. The van der Waals surface area contributed by atoms with Gasteiger partial charge < -0.3 is 5.32 Å². The molecule has 0 aliphatic heterocycles. The van der Waals surface area contributed by atoms with Gasteiger partial charge in [0.25, 0.3) is 0 Å². The highest BCUT2D eigenvalue weighted by Gasteiger charge is 2.28. The van der Waals surface area contributed by atoms with Crippen LogP contribution in [0.3, 0.4) is 0 Å². The lowest BCUT2D eigenvalue weighted by atomic mass is 9.74. The first-order chi connectivity index (χ1) is 8.74. The average molecular weight is 286 g/mol. The van der Waals surface area contributed by atoms with Crippen LogP contribution in [0.5, 0.6) is 0 Å². The first-order valence-electron chi connectivity index (χ1n) is 6.92. The molecule has 3 heteroatoms. The number of hydrogen-bond donors (Lipinski definition) is 1. The van der Waals surface area contributed by atoms with Crippen molar-refractivity contribution >= 4 is 11.6 Å². The minimum absolute atomic E-state index is 0.130. The van der Waals surface area contributed by atoms with Crippen LogP contribution in [-0.2, 0) is 6.42 Å². The minimum atomic E-state index is -0.350. The molecular formula is C16H25ClFN. The average Bonchev–Trinajstić information content (AvgIpc) is 2.31. The number of halogens is 2. The van der Waals surface area contributed by atoms with Crippen molar-refractivity contribution in [3.05, 3.63) is 34.6 Å². The Balaban J connectivity index is 2.85. The maximum atomic E-state index is 13.2. The van der Waals surface area contributed by atoms with E-state index < -0.39 is 0 Å². The quantitative estimate of drug-likeness (QED) is 0.800. The zero-order valence-corrected chi connectivity index (χ0v) is 13.3. The molecular weight excluding hydrogens is 261 g/mol. The fourth-order valence-electron chi connectivity index (χ4n) is 2.02. The predicted octanol–water partition coefficient (Wildman–Crippen LogP) is 4.68. The molecule has 0 spiro atoms. The van der Waals surface area contributed by atoms with E-state index in [9.17, 15) is 4.39 Å². The zero-order chi connectivity index (χ0) is 14.6. The van der Waals surface area contributed by atoms with Crippen LogP contribution in [0.1, 0.15) is 40.2 Å². The number of hydrogen-bond acceptors (Lipinski definition) is 1. The fourth-order valence-corrected chi connectivity index (χ4v) is 2.23. The maximum Gasteiger partial charge on any atom is 0.141 e. The second-order valence-corrected chi connectivity index (χ2v) is 6.68. The van der Waals surface area contributed by atoms with E-state index in [0.717, 1.165) is 18.5 Å². The van der Waals surface area contributed by atoms with Gasteiger partial charge in [0.15, 0.2) is 0 Å². The van der Waals surface area contributed by atoms with Crippen molar-refractivity contribution in [2.75, 3.05) is 6.54 Å². The van der Waals surface area contributed by atoms with E-state index >= 15 is 0 Å². The molecule has 1 nitrogen and oxygen atoms in total. The van der Waals surface area contributed by atoms with Crippen LogP contribution in [-0.4, -0.2) is 12.6 Å². The second-order valence-electron chi connectivity index (χ2n) is 6.27. The largest absolute Gasteiger partial charge is 0.314 e. The summed E-state index contributed by atoms with van der Waals surface area (Å²) in [7, 11) is 0. The Morgan fingerprint density at radius 3 is 2.37 bits per heavy atom. The monoisotopic (exact) mass is 285 g/mol. The SMILES string of the molecule is CC(C)NCC(C)(Cc1ccc(F)c(Cl)c1)C(C)C. The molecule has 1 atom stereocenters. The molecule has 0 heterocycles. The molecule has 0 saturated carbocycles. The fraction of sp³-hybridized carbons (Fsp3) is 0.625. The molecule has 0 amide bonds. The Morgan fingerprint density at radius 1 is 1.26 bits per heavy atom. The lowest BCUT2D eigenvalue weighted by molar-refractivity contribution is 0.202. The first-order valence-corrected chi connectivity index (χ1v) is 7.29. The van der Waals surface area contributed by atoms with Gasteiger partial charge in [0, 0.05) is 12.6 Å². The van der Waals surface area contributed by atoms with Gasteiger partial charge >= 0.3 is 0 Å². The molecule has 0 aliphatic rings. The van der Waals surface area contributed by atoms with Crippen LogP contribution in [0.4, 0.5) is 4.39 Å². The molecule has 0 fully saturated rings. The highest BCUT2D eigenvalue weighted by molar-refractivity contribution is 6.30. The van der Waals surface area contributed by atoms with Crippen molar-refractivity contribution in [3.8, 4) is 0 Å². The summed E-state index contributed by atoms with van der Waals surface area (Å²) >= 11 is 5.86. The Morgan fingerprint density at radius 2 is 1.89 bits per heavy atom. The van der Waals surface area contributed by atoms with Crippen LogP contribution in [0.25, 0.3) is 0 Å². The van der Waals surface area contributed by atoms with Crippen molar-refractivity contribution < 1.29 is 4.39 Å². The van der Waals surface area contributed by atoms with Gasteiger partial charge in [0.1, 0.15) is 5.82 Å². The molecule has 0 aliphatic carbocycles. The molecule has 19 heavy (non-hydrogen) atoms. The summed E-state index contributed by atoms with van der Waals surface area (Å²) in [5.41, 5.74) is 1.22. The molecule has 0 aromatic heterocycles. The van der Waals surface area contributed by atoms with Crippen LogP contribution in [0.15, 0.2) is 18.2 Å². The molecule has 108 valence electrons. The molecule has 0 radical (unpaired) electrons. The lowest BCUT2D eigenvalue weighted by Gasteiger charge is -2.35. The van der Waals surface area contributed by atoms with Crippen LogP contribution >= 0.6 is 11.6 Å². The number of rotatable bonds is 6. The van der Waals surface area contributed by atoms with Gasteiger partial charge in [-0.15, -0.1) is 0 Å². The Kier molecular flexibility index (Phi) is 5.82. The molecule has 1 aromatic rings. The van der Waals surface area contributed by atoms with E-state index in [4.69, 9.17) is 11.6 Å². The Bertz CT molecular complexity index is 417. The van der Waals surface area contributed by atoms with Gasteiger partial charge in [-0.25, -0.2) is 4.39 Å². The second kappa shape index (κ2) is 6.71. The van der Waals surface area contributed by atoms with E-state index in [-0.39, 0.29) is 16.3 Å². The molecule has 0 saturated heterocycles. The van der Waals surface area contributed by atoms with Crippen molar-refractivity contribution in [3.63, 3.8) is 0 Å². The summed E-state index contributed by atoms with van der Waals surface area (Å²) in [6, 6.07) is 5.49. The summed E-state index contributed by atoms with van der Waals surface area (Å²) in [6.45, 7) is 12.0. The molecule has 1 rings (SSSR count). The van der Waals surface area contributed by atoms with Crippen molar-refractivity contribution in [2.24, 2.45) is 11.3 Å². The molecule has 1 aromatic carbocycles. The van der Waals surface area contributed by atoms with Gasteiger partial charge in [0.05, 0.1) is 5.02 Å². The predicted molar refractivity (Wildman–Crippen MR) is 81.2 cm³/mol. The molecule has 1 N–H and O–H groups in total. The lowest BCUT2D eigenvalue weighted by Crippen LogP contribution is -2.40. The Labute approximate surface area is 121 Å². The van der Waals surface area contributed by atoms with E-state index in [2.05, 4.69) is 39.9 Å². The normalized spacial score (nSPS) is 15.0. The van der Waals surface area contributed by atoms with E-state index in [0.29, 0.717) is 12.0 Å².